The van der Waals surface area contributed by atoms with Gasteiger partial charge in [-0.3, -0.25) is 4.79 Å². The number of carbonyl (C=O) groups excluding carboxylic acids is 1. The molecule has 0 aliphatic rings. The van der Waals surface area contributed by atoms with E-state index < -0.39 is 6.04 Å². The summed E-state index contributed by atoms with van der Waals surface area (Å²) in [5, 5.41) is 0. The van der Waals surface area contributed by atoms with Gasteiger partial charge in [0, 0.05) is 18.0 Å². The van der Waals surface area contributed by atoms with E-state index in [-0.39, 0.29) is 5.78 Å². The van der Waals surface area contributed by atoms with Crippen molar-refractivity contribution in [1.29, 1.82) is 0 Å². The number of ketones is 1. The molecule has 3 nitrogen and oxygen atoms in total. The summed E-state index contributed by atoms with van der Waals surface area (Å²) in [5.74, 6) is 0.0498. The highest BCUT2D eigenvalue weighted by Gasteiger charge is 2.23. The average molecular weight is 338 g/mol. The molecule has 0 fully saturated rings. The zero-order valence-electron chi connectivity index (χ0n) is 14.2. The third-order valence-electron chi connectivity index (χ3n) is 4.46. The first-order valence-electron chi connectivity index (χ1n) is 8.55. The lowest BCUT2D eigenvalue weighted by molar-refractivity contribution is 0.0946. The Morgan fingerprint density at radius 1 is 0.769 bits per heavy atom. The van der Waals surface area contributed by atoms with Crippen LogP contribution in [0.4, 0.5) is 0 Å². The van der Waals surface area contributed by atoms with Crippen molar-refractivity contribution in [2.24, 2.45) is 0 Å². The van der Waals surface area contributed by atoms with E-state index >= 15 is 0 Å². The van der Waals surface area contributed by atoms with Crippen molar-refractivity contribution in [2.45, 2.75) is 6.04 Å². The molecule has 126 valence electrons. The summed E-state index contributed by atoms with van der Waals surface area (Å²) in [6.45, 7) is 0. The molecule has 1 heterocycles. The Bertz CT molecular complexity index is 976. The van der Waals surface area contributed by atoms with E-state index in [4.69, 9.17) is 0 Å². The number of aromatic nitrogens is 2. The van der Waals surface area contributed by atoms with Gasteiger partial charge >= 0.3 is 0 Å². The van der Waals surface area contributed by atoms with Gasteiger partial charge in [-0.15, -0.1) is 0 Å². The fraction of sp³-hybridized carbons (Fsp3) is 0.0435. The minimum absolute atomic E-state index is 0.0498. The van der Waals surface area contributed by atoms with Crippen LogP contribution in [0.15, 0.2) is 104 Å². The summed E-state index contributed by atoms with van der Waals surface area (Å²) in [7, 11) is 0. The number of carbonyl (C=O) groups is 1. The van der Waals surface area contributed by atoms with Crippen LogP contribution in [-0.2, 0) is 0 Å². The van der Waals surface area contributed by atoms with E-state index in [9.17, 15) is 4.79 Å². The summed E-state index contributed by atoms with van der Waals surface area (Å²) >= 11 is 0. The first-order chi connectivity index (χ1) is 12.8. The molecule has 1 aromatic heterocycles. The summed E-state index contributed by atoms with van der Waals surface area (Å²) in [4.78, 5) is 17.4. The van der Waals surface area contributed by atoms with E-state index in [1.807, 2.05) is 83.6 Å². The van der Waals surface area contributed by atoms with Gasteiger partial charge in [-0.2, -0.15) is 0 Å². The molecule has 3 aromatic carbocycles. The zero-order chi connectivity index (χ0) is 17.8. The molecular weight excluding hydrogens is 320 g/mol. The molecular formula is C23H18N2O. The predicted octanol–water partition coefficient (Wildman–Crippen LogP) is 5.02. The van der Waals surface area contributed by atoms with Crippen LogP contribution in [0, 0.1) is 0 Å². The highest BCUT2D eigenvalue weighted by Crippen LogP contribution is 2.25. The van der Waals surface area contributed by atoms with Crippen molar-refractivity contribution in [3.8, 4) is 11.1 Å². The Balaban J connectivity index is 1.68. The first kappa shape index (κ1) is 16.0. The molecule has 1 atom stereocenters. The van der Waals surface area contributed by atoms with E-state index in [0.29, 0.717) is 5.56 Å². The Morgan fingerprint density at radius 2 is 1.38 bits per heavy atom. The Labute approximate surface area is 152 Å². The second-order valence-corrected chi connectivity index (χ2v) is 6.13. The molecule has 0 radical (unpaired) electrons. The molecule has 0 spiro atoms. The number of hydrogen-bond donors (Lipinski definition) is 0. The maximum absolute atomic E-state index is 13.2. The van der Waals surface area contributed by atoms with Gasteiger partial charge in [0.15, 0.2) is 5.78 Å². The molecule has 0 N–H and O–H groups in total. The molecule has 0 saturated heterocycles. The molecule has 4 rings (SSSR count). The second-order valence-electron chi connectivity index (χ2n) is 6.13. The predicted molar refractivity (Wildman–Crippen MR) is 103 cm³/mol. The van der Waals surface area contributed by atoms with E-state index in [1.165, 1.54) is 0 Å². The van der Waals surface area contributed by atoms with Gasteiger partial charge in [0.2, 0.25) is 0 Å². The number of hydrogen-bond acceptors (Lipinski definition) is 2. The van der Waals surface area contributed by atoms with Crippen LogP contribution in [0.5, 0.6) is 0 Å². The number of benzene rings is 3. The SMILES string of the molecule is O=C(c1ccc(-c2ccccc2)cc1)C(c1ccccc1)n1ccnc1. The average Bonchev–Trinajstić information content (AvgIpc) is 3.24. The van der Waals surface area contributed by atoms with Gasteiger partial charge in [0.1, 0.15) is 6.04 Å². The lowest BCUT2D eigenvalue weighted by Crippen LogP contribution is -2.20. The number of Topliss-reactive ketones (excluding diaryl/α,β-unsaturated/α-hetero) is 1. The second kappa shape index (κ2) is 7.19. The Morgan fingerprint density at radius 3 is 2.00 bits per heavy atom. The maximum Gasteiger partial charge on any atom is 0.190 e. The molecule has 0 amide bonds. The highest BCUT2D eigenvalue weighted by molar-refractivity contribution is 6.01. The lowest BCUT2D eigenvalue weighted by Gasteiger charge is -2.18. The van der Waals surface area contributed by atoms with Gasteiger partial charge in [-0.25, -0.2) is 4.98 Å². The third kappa shape index (κ3) is 3.20. The van der Waals surface area contributed by atoms with Crippen LogP contribution >= 0.6 is 0 Å². The van der Waals surface area contributed by atoms with Crippen LogP contribution in [0.25, 0.3) is 11.1 Å². The monoisotopic (exact) mass is 338 g/mol. The number of rotatable bonds is 5. The normalized spacial score (nSPS) is 11.8. The van der Waals surface area contributed by atoms with Crippen LogP contribution in [0.2, 0.25) is 0 Å². The van der Waals surface area contributed by atoms with Crippen molar-refractivity contribution < 1.29 is 4.79 Å². The third-order valence-corrected chi connectivity index (χ3v) is 4.46. The smallest absolute Gasteiger partial charge is 0.190 e. The lowest BCUT2D eigenvalue weighted by atomic mass is 9.95. The van der Waals surface area contributed by atoms with E-state index in [1.54, 1.807) is 12.5 Å². The summed E-state index contributed by atoms with van der Waals surface area (Å²) in [6, 6.07) is 27.3. The maximum atomic E-state index is 13.2. The molecule has 0 aliphatic heterocycles. The van der Waals surface area contributed by atoms with Gasteiger partial charge in [0.05, 0.1) is 6.33 Å². The molecule has 0 bridgehead atoms. The first-order valence-corrected chi connectivity index (χ1v) is 8.55. The fourth-order valence-corrected chi connectivity index (χ4v) is 3.13. The number of nitrogens with zero attached hydrogens (tertiary/aromatic N) is 2. The Kier molecular flexibility index (Phi) is 4.44. The minimum Gasteiger partial charge on any atom is -0.322 e. The molecule has 0 saturated carbocycles. The van der Waals surface area contributed by atoms with Crippen LogP contribution in [0.1, 0.15) is 22.0 Å². The van der Waals surface area contributed by atoms with Crippen LogP contribution in [0.3, 0.4) is 0 Å². The standard InChI is InChI=1S/C23H18N2O/c26-23(21-13-11-19(12-14-21)18-7-3-1-4-8-18)22(25-16-15-24-17-25)20-9-5-2-6-10-20/h1-17,22H. The fourth-order valence-electron chi connectivity index (χ4n) is 3.13. The van der Waals surface area contributed by atoms with E-state index in [2.05, 4.69) is 17.1 Å². The number of imidazole rings is 1. The largest absolute Gasteiger partial charge is 0.322 e. The molecule has 3 heteroatoms. The van der Waals surface area contributed by atoms with Crippen molar-refractivity contribution in [3.05, 3.63) is 115 Å². The van der Waals surface area contributed by atoms with Crippen LogP contribution < -0.4 is 0 Å². The van der Waals surface area contributed by atoms with Gasteiger partial charge in [-0.1, -0.05) is 84.9 Å². The molecule has 1 unspecified atom stereocenters. The van der Waals surface area contributed by atoms with Crippen molar-refractivity contribution in [3.63, 3.8) is 0 Å². The molecule has 4 aromatic rings. The zero-order valence-corrected chi connectivity index (χ0v) is 14.2. The topological polar surface area (TPSA) is 34.9 Å². The highest BCUT2D eigenvalue weighted by atomic mass is 16.1. The molecule has 0 aliphatic carbocycles. The summed E-state index contributed by atoms with van der Waals surface area (Å²) in [6.07, 6.45) is 5.21. The van der Waals surface area contributed by atoms with Crippen molar-refractivity contribution >= 4 is 5.78 Å². The van der Waals surface area contributed by atoms with E-state index in [0.717, 1.165) is 16.7 Å². The Hall–Kier alpha value is -3.46. The van der Waals surface area contributed by atoms with Crippen molar-refractivity contribution in [2.75, 3.05) is 0 Å². The van der Waals surface area contributed by atoms with Gasteiger partial charge in [0.25, 0.3) is 0 Å². The quantitative estimate of drug-likeness (QED) is 0.479. The minimum atomic E-state index is -0.415. The summed E-state index contributed by atoms with van der Waals surface area (Å²) in [5.41, 5.74) is 3.87. The van der Waals surface area contributed by atoms with Gasteiger partial charge in [-0.05, 0) is 16.7 Å². The van der Waals surface area contributed by atoms with Crippen molar-refractivity contribution in [1.82, 2.24) is 9.55 Å². The van der Waals surface area contributed by atoms with Gasteiger partial charge < -0.3 is 4.57 Å². The van der Waals surface area contributed by atoms with Crippen LogP contribution in [-0.4, -0.2) is 15.3 Å². The molecule has 26 heavy (non-hydrogen) atoms. The summed E-state index contributed by atoms with van der Waals surface area (Å²) < 4.78 is 1.85.